The molecular formula is C27H39N5O4. The van der Waals surface area contributed by atoms with Crippen LogP contribution in [0.2, 0.25) is 0 Å². The van der Waals surface area contributed by atoms with Crippen molar-refractivity contribution in [1.82, 2.24) is 10.2 Å². The summed E-state index contributed by atoms with van der Waals surface area (Å²) in [5.41, 5.74) is 2.47. The Morgan fingerprint density at radius 2 is 1.75 bits per heavy atom. The van der Waals surface area contributed by atoms with Gasteiger partial charge in [0.05, 0.1) is 12.3 Å². The second-order valence-electron chi connectivity index (χ2n) is 8.66. The van der Waals surface area contributed by atoms with Gasteiger partial charge in [-0.05, 0) is 43.7 Å². The minimum Gasteiger partial charge on any atom is -0.492 e. The Morgan fingerprint density at radius 3 is 2.53 bits per heavy atom. The molecule has 2 aromatic rings. The Kier molecular flexibility index (Phi) is 11.2. The highest BCUT2D eigenvalue weighted by molar-refractivity contribution is 5.89. The quantitative estimate of drug-likeness (QED) is 0.366. The van der Waals surface area contributed by atoms with E-state index in [0.717, 1.165) is 56.8 Å². The molecule has 0 radical (unpaired) electrons. The number of nitrogens with zero attached hydrogens (tertiary/aromatic N) is 2. The van der Waals surface area contributed by atoms with Gasteiger partial charge in [0.1, 0.15) is 12.4 Å². The van der Waals surface area contributed by atoms with Gasteiger partial charge in [-0.15, -0.1) is 0 Å². The Hall–Kier alpha value is -3.46. The number of urea groups is 1. The summed E-state index contributed by atoms with van der Waals surface area (Å²) in [7, 11) is 0. The second-order valence-corrected chi connectivity index (χ2v) is 8.66. The molecule has 0 saturated carbocycles. The lowest BCUT2D eigenvalue weighted by Crippen LogP contribution is -2.47. The normalized spacial score (nSPS) is 13.7. The zero-order valence-corrected chi connectivity index (χ0v) is 21.4. The molecule has 3 rings (SSSR count). The van der Waals surface area contributed by atoms with E-state index in [0.29, 0.717) is 37.7 Å². The maximum Gasteiger partial charge on any atom is 0.411 e. The minimum absolute atomic E-state index is 0.168. The maximum atomic E-state index is 12.2. The highest BCUT2D eigenvalue weighted by Crippen LogP contribution is 2.24. The van der Waals surface area contributed by atoms with Crippen molar-refractivity contribution in [2.75, 3.05) is 68.0 Å². The smallest absolute Gasteiger partial charge is 0.411 e. The number of ether oxygens (including phenoxy) is 2. The van der Waals surface area contributed by atoms with Crippen LogP contribution in [0, 0.1) is 0 Å². The summed E-state index contributed by atoms with van der Waals surface area (Å²) >= 11 is 0. The molecule has 9 nitrogen and oxygen atoms in total. The first-order valence-electron chi connectivity index (χ1n) is 12.9. The summed E-state index contributed by atoms with van der Waals surface area (Å²) < 4.78 is 10.9. The van der Waals surface area contributed by atoms with Crippen molar-refractivity contribution in [2.24, 2.45) is 0 Å². The molecular weight excluding hydrogens is 458 g/mol. The number of benzene rings is 2. The molecule has 3 amide bonds. The van der Waals surface area contributed by atoms with Crippen molar-refractivity contribution in [2.45, 2.75) is 33.1 Å². The minimum atomic E-state index is -0.487. The fraction of sp³-hybridized carbons (Fsp3) is 0.481. The van der Waals surface area contributed by atoms with E-state index >= 15 is 0 Å². The third-order valence-corrected chi connectivity index (χ3v) is 5.97. The van der Waals surface area contributed by atoms with Gasteiger partial charge >= 0.3 is 12.1 Å². The number of carbonyl (C=O) groups is 2. The molecule has 0 aliphatic carbocycles. The van der Waals surface area contributed by atoms with Crippen LogP contribution >= 0.6 is 0 Å². The monoisotopic (exact) mass is 497 g/mol. The first-order valence-corrected chi connectivity index (χ1v) is 12.9. The summed E-state index contributed by atoms with van der Waals surface area (Å²) in [6.45, 7) is 9.70. The van der Waals surface area contributed by atoms with Crippen LogP contribution in [0.25, 0.3) is 0 Å². The maximum absolute atomic E-state index is 12.2. The van der Waals surface area contributed by atoms with Crippen LogP contribution in [0.1, 0.15) is 33.1 Å². The highest BCUT2D eigenvalue weighted by atomic mass is 16.5. The van der Waals surface area contributed by atoms with Crippen LogP contribution in [0.4, 0.5) is 26.7 Å². The van der Waals surface area contributed by atoms with Crippen LogP contribution in [-0.2, 0) is 4.74 Å². The molecule has 9 heteroatoms. The Morgan fingerprint density at radius 1 is 0.944 bits per heavy atom. The summed E-state index contributed by atoms with van der Waals surface area (Å²) in [5, 5.41) is 8.58. The summed E-state index contributed by atoms with van der Waals surface area (Å²) in [6, 6.07) is 15.1. The van der Waals surface area contributed by atoms with E-state index in [1.165, 1.54) is 0 Å². The van der Waals surface area contributed by atoms with Crippen molar-refractivity contribution in [3.63, 3.8) is 0 Å². The molecule has 3 N–H and O–H groups in total. The molecule has 0 unspecified atom stereocenters. The van der Waals surface area contributed by atoms with Crippen molar-refractivity contribution in [1.29, 1.82) is 0 Å². The second kappa shape index (κ2) is 14.8. The average molecular weight is 498 g/mol. The van der Waals surface area contributed by atoms with E-state index in [4.69, 9.17) is 9.47 Å². The summed E-state index contributed by atoms with van der Waals surface area (Å²) in [5.74, 6) is 0.625. The van der Waals surface area contributed by atoms with Crippen LogP contribution in [0.5, 0.6) is 5.75 Å². The molecule has 1 heterocycles. The Balaban J connectivity index is 1.37. The van der Waals surface area contributed by atoms with Gasteiger partial charge in [0.25, 0.3) is 0 Å². The van der Waals surface area contributed by atoms with Crippen LogP contribution in [-0.4, -0.2) is 69.5 Å². The first-order chi connectivity index (χ1) is 17.6. The number of hydrogen-bond acceptors (Lipinski definition) is 6. The zero-order valence-electron chi connectivity index (χ0n) is 21.4. The van der Waals surface area contributed by atoms with Gasteiger partial charge in [-0.3, -0.25) is 10.2 Å². The molecule has 36 heavy (non-hydrogen) atoms. The number of unbranched alkanes of at least 4 members (excludes halogenated alkanes) is 2. The number of carbonyl (C=O) groups excluding carboxylic acids is 2. The van der Waals surface area contributed by atoms with E-state index in [1.807, 2.05) is 43.3 Å². The summed E-state index contributed by atoms with van der Waals surface area (Å²) in [6.07, 6.45) is 2.75. The molecule has 0 spiro atoms. The van der Waals surface area contributed by atoms with Crippen LogP contribution < -0.4 is 25.6 Å². The predicted molar refractivity (Wildman–Crippen MR) is 144 cm³/mol. The van der Waals surface area contributed by atoms with Gasteiger partial charge in [-0.1, -0.05) is 38.0 Å². The van der Waals surface area contributed by atoms with E-state index in [9.17, 15) is 9.59 Å². The standard InChI is InChI=1S/C27H39N5O4/c1-3-5-8-14-28-26(33)29-22-10-9-11-23(21-22)32-17-15-31(16-18-32)19-20-36-27(34)30-24-12-6-7-13-25(24)35-4-2/h6-7,9-13,21H,3-5,8,14-20H2,1-2H3,(H,30,34)(H2,28,29,33). The SMILES string of the molecule is CCCCCNC(=O)Nc1cccc(N2CCN(CCOC(=O)Nc3ccccc3OCC)CC2)c1. The fourth-order valence-corrected chi connectivity index (χ4v) is 4.03. The largest absolute Gasteiger partial charge is 0.492 e. The fourth-order valence-electron chi connectivity index (χ4n) is 4.03. The van der Waals surface area contributed by atoms with E-state index in [2.05, 4.69) is 38.7 Å². The highest BCUT2D eigenvalue weighted by Gasteiger charge is 2.18. The summed E-state index contributed by atoms with van der Waals surface area (Å²) in [4.78, 5) is 28.9. The lowest BCUT2D eigenvalue weighted by molar-refractivity contribution is 0.137. The third kappa shape index (κ3) is 8.96. The van der Waals surface area contributed by atoms with E-state index in [-0.39, 0.29) is 6.03 Å². The number of amides is 3. The van der Waals surface area contributed by atoms with E-state index < -0.39 is 6.09 Å². The molecule has 0 bridgehead atoms. The number of nitrogens with one attached hydrogen (secondary N) is 3. The van der Waals surface area contributed by atoms with Crippen LogP contribution in [0.3, 0.4) is 0 Å². The molecule has 1 aliphatic rings. The number of anilines is 3. The molecule has 196 valence electrons. The third-order valence-electron chi connectivity index (χ3n) is 5.97. The Labute approximate surface area is 214 Å². The lowest BCUT2D eigenvalue weighted by Gasteiger charge is -2.36. The van der Waals surface area contributed by atoms with Crippen molar-refractivity contribution < 1.29 is 19.1 Å². The van der Waals surface area contributed by atoms with Gasteiger partial charge in [-0.25, -0.2) is 9.59 Å². The average Bonchev–Trinajstić information content (AvgIpc) is 2.88. The van der Waals surface area contributed by atoms with Gasteiger partial charge in [-0.2, -0.15) is 0 Å². The number of para-hydroxylation sites is 2. The molecule has 1 fully saturated rings. The lowest BCUT2D eigenvalue weighted by atomic mass is 10.2. The molecule has 1 saturated heterocycles. The van der Waals surface area contributed by atoms with Gasteiger partial charge < -0.3 is 25.0 Å². The first kappa shape index (κ1) is 27.1. The van der Waals surface area contributed by atoms with Gasteiger partial charge in [0.15, 0.2) is 0 Å². The zero-order chi connectivity index (χ0) is 25.6. The van der Waals surface area contributed by atoms with Crippen molar-refractivity contribution in [3.8, 4) is 5.75 Å². The number of hydrogen-bond donors (Lipinski definition) is 3. The predicted octanol–water partition coefficient (Wildman–Crippen LogP) is 4.77. The Bertz CT molecular complexity index is 963. The van der Waals surface area contributed by atoms with Crippen molar-refractivity contribution >= 4 is 29.2 Å². The number of rotatable bonds is 12. The number of piperazine rings is 1. The van der Waals surface area contributed by atoms with Crippen LogP contribution in [0.15, 0.2) is 48.5 Å². The molecule has 2 aromatic carbocycles. The molecule has 0 atom stereocenters. The van der Waals surface area contributed by atoms with Crippen molar-refractivity contribution in [3.05, 3.63) is 48.5 Å². The van der Waals surface area contributed by atoms with Gasteiger partial charge in [0, 0.05) is 50.6 Å². The molecule has 1 aliphatic heterocycles. The topological polar surface area (TPSA) is 95.2 Å². The van der Waals surface area contributed by atoms with Gasteiger partial charge in [0.2, 0.25) is 0 Å². The van der Waals surface area contributed by atoms with E-state index in [1.54, 1.807) is 6.07 Å². The molecule has 0 aromatic heterocycles.